The summed E-state index contributed by atoms with van der Waals surface area (Å²) < 4.78 is 6.08. The zero-order valence-electron chi connectivity index (χ0n) is 17.6. The Bertz CT molecular complexity index is 1580. The first kappa shape index (κ1) is 18.5. The molecule has 2 heterocycles. The Kier molecular flexibility index (Phi) is 4.32. The highest BCUT2D eigenvalue weighted by molar-refractivity contribution is 6.11. The number of aromatic nitrogens is 2. The van der Waals surface area contributed by atoms with Crippen LogP contribution in [0.5, 0.6) is 0 Å². The number of nitrogens with zero attached hydrogens (tertiary/aromatic N) is 2. The van der Waals surface area contributed by atoms with Gasteiger partial charge in [0.05, 0.1) is 5.69 Å². The Morgan fingerprint density at radius 1 is 0.594 bits per heavy atom. The summed E-state index contributed by atoms with van der Waals surface area (Å²) in [5.74, 6) is 0.708. The summed E-state index contributed by atoms with van der Waals surface area (Å²) >= 11 is 0. The van der Waals surface area contributed by atoms with Crippen LogP contribution >= 0.6 is 0 Å². The van der Waals surface area contributed by atoms with Crippen LogP contribution in [0.2, 0.25) is 0 Å². The highest BCUT2D eigenvalue weighted by atomic mass is 16.3. The Hall–Kier alpha value is -4.24. The zero-order chi connectivity index (χ0) is 21.5. The predicted octanol–water partition coefficient (Wildman–Crippen LogP) is 7.69. The number of benzene rings is 4. The second kappa shape index (κ2) is 7.47. The lowest BCUT2D eigenvalue weighted by molar-refractivity contribution is 0.669. The molecule has 3 nitrogen and oxygen atoms in total. The van der Waals surface area contributed by atoms with Crippen molar-refractivity contribution in [2.45, 2.75) is 6.92 Å². The fraction of sp³-hybridized carbons (Fsp3) is 0.0345. The lowest BCUT2D eigenvalue weighted by Gasteiger charge is -2.12. The van der Waals surface area contributed by atoms with E-state index < -0.39 is 0 Å². The van der Waals surface area contributed by atoms with E-state index in [1.165, 1.54) is 5.56 Å². The van der Waals surface area contributed by atoms with Crippen molar-refractivity contribution in [3.05, 3.63) is 109 Å². The molecule has 152 valence electrons. The zero-order valence-corrected chi connectivity index (χ0v) is 17.6. The van der Waals surface area contributed by atoms with E-state index in [1.54, 1.807) is 0 Å². The number of rotatable bonds is 3. The van der Waals surface area contributed by atoms with E-state index >= 15 is 0 Å². The molecule has 0 aliphatic rings. The molecule has 0 saturated heterocycles. The van der Waals surface area contributed by atoms with Gasteiger partial charge in [-0.25, -0.2) is 9.97 Å². The van der Waals surface area contributed by atoms with Crippen LogP contribution in [0.3, 0.4) is 0 Å². The Morgan fingerprint density at radius 3 is 2.16 bits per heavy atom. The highest BCUT2D eigenvalue weighted by Crippen LogP contribution is 2.37. The van der Waals surface area contributed by atoms with E-state index in [4.69, 9.17) is 14.4 Å². The highest BCUT2D eigenvalue weighted by Gasteiger charge is 2.16. The van der Waals surface area contributed by atoms with Gasteiger partial charge in [0.1, 0.15) is 11.2 Å². The molecule has 0 unspecified atom stereocenters. The lowest BCUT2D eigenvalue weighted by atomic mass is 9.97. The average Bonchev–Trinajstić information content (AvgIpc) is 3.23. The third-order valence-electron chi connectivity index (χ3n) is 5.79. The van der Waals surface area contributed by atoms with Crippen molar-refractivity contribution in [2.75, 3.05) is 0 Å². The summed E-state index contributed by atoms with van der Waals surface area (Å²) in [5.41, 5.74) is 7.96. The molecule has 6 rings (SSSR count). The van der Waals surface area contributed by atoms with Gasteiger partial charge in [0.2, 0.25) is 0 Å². The first-order chi connectivity index (χ1) is 15.8. The van der Waals surface area contributed by atoms with E-state index in [-0.39, 0.29) is 0 Å². The summed E-state index contributed by atoms with van der Waals surface area (Å²) in [4.78, 5) is 9.86. The minimum atomic E-state index is 0.708. The quantitative estimate of drug-likeness (QED) is 0.299. The maximum Gasteiger partial charge on any atom is 0.160 e. The largest absolute Gasteiger partial charge is 0.456 e. The maximum absolute atomic E-state index is 6.08. The minimum Gasteiger partial charge on any atom is -0.456 e. The van der Waals surface area contributed by atoms with Gasteiger partial charge in [-0.15, -0.1) is 0 Å². The van der Waals surface area contributed by atoms with Gasteiger partial charge >= 0.3 is 0 Å². The molecule has 0 saturated carbocycles. The summed E-state index contributed by atoms with van der Waals surface area (Å²) in [6.45, 7) is 2.02. The third-order valence-corrected chi connectivity index (χ3v) is 5.79. The van der Waals surface area contributed by atoms with Gasteiger partial charge in [0.15, 0.2) is 5.82 Å². The van der Waals surface area contributed by atoms with Crippen LogP contribution in [-0.4, -0.2) is 9.97 Å². The van der Waals surface area contributed by atoms with Crippen molar-refractivity contribution in [3.63, 3.8) is 0 Å². The topological polar surface area (TPSA) is 38.9 Å². The Balaban J connectivity index is 1.59. The van der Waals surface area contributed by atoms with Gasteiger partial charge in [0.25, 0.3) is 0 Å². The van der Waals surface area contributed by atoms with Crippen LogP contribution in [0.25, 0.3) is 55.7 Å². The van der Waals surface area contributed by atoms with Crippen LogP contribution in [-0.2, 0) is 0 Å². The van der Waals surface area contributed by atoms with Crippen LogP contribution in [0.15, 0.2) is 108 Å². The predicted molar refractivity (Wildman–Crippen MR) is 130 cm³/mol. The molecule has 0 fully saturated rings. The molecule has 0 atom stereocenters. The summed E-state index contributed by atoms with van der Waals surface area (Å²) in [7, 11) is 0. The molecule has 0 aliphatic heterocycles. The molecule has 0 amide bonds. The minimum absolute atomic E-state index is 0.708. The van der Waals surface area contributed by atoms with Gasteiger partial charge in [-0.2, -0.15) is 0 Å². The van der Waals surface area contributed by atoms with Crippen molar-refractivity contribution in [1.82, 2.24) is 9.97 Å². The molecular weight excluding hydrogens is 392 g/mol. The van der Waals surface area contributed by atoms with Crippen molar-refractivity contribution >= 4 is 21.9 Å². The second-order valence-corrected chi connectivity index (χ2v) is 7.91. The number of furan rings is 1. The van der Waals surface area contributed by atoms with E-state index in [1.807, 2.05) is 43.3 Å². The molecule has 2 aromatic heterocycles. The molecule has 4 aromatic carbocycles. The normalized spacial score (nSPS) is 11.3. The fourth-order valence-electron chi connectivity index (χ4n) is 4.36. The van der Waals surface area contributed by atoms with Gasteiger partial charge in [0, 0.05) is 27.6 Å². The van der Waals surface area contributed by atoms with E-state index in [9.17, 15) is 0 Å². The molecule has 0 N–H and O–H groups in total. The standard InChI is InChI=1S/C29H20N2O/c1-19-18-25(22-13-6-5-12-21(22)20-10-3-2-4-11-20)31-29(30-19)24-15-9-17-27-28(24)23-14-7-8-16-26(23)32-27/h2-18H,1H3. The van der Waals surface area contributed by atoms with Crippen molar-refractivity contribution < 1.29 is 4.42 Å². The molecule has 6 aromatic rings. The van der Waals surface area contributed by atoms with E-state index in [0.29, 0.717) is 5.82 Å². The smallest absolute Gasteiger partial charge is 0.160 e. The number of hydrogen-bond acceptors (Lipinski definition) is 3. The Labute approximate surface area is 186 Å². The SMILES string of the molecule is Cc1cc(-c2ccccc2-c2ccccc2)nc(-c2cccc3oc4ccccc4c23)n1. The molecule has 0 spiro atoms. The molecule has 0 bridgehead atoms. The molecule has 32 heavy (non-hydrogen) atoms. The first-order valence-corrected chi connectivity index (χ1v) is 10.7. The Morgan fingerprint density at radius 2 is 1.28 bits per heavy atom. The van der Waals surface area contributed by atoms with Gasteiger partial charge < -0.3 is 4.42 Å². The molecule has 3 heteroatoms. The number of hydrogen-bond donors (Lipinski definition) is 0. The van der Waals surface area contributed by atoms with Crippen LogP contribution in [0.4, 0.5) is 0 Å². The number of fused-ring (bicyclic) bond motifs is 3. The molecular formula is C29H20N2O. The second-order valence-electron chi connectivity index (χ2n) is 7.91. The third kappa shape index (κ3) is 3.07. The fourth-order valence-corrected chi connectivity index (χ4v) is 4.36. The van der Waals surface area contributed by atoms with E-state index in [0.717, 1.165) is 50.0 Å². The molecule has 0 aliphatic carbocycles. The average molecular weight is 412 g/mol. The maximum atomic E-state index is 6.08. The van der Waals surface area contributed by atoms with Gasteiger partial charge in [-0.05, 0) is 36.2 Å². The number of aryl methyl sites for hydroxylation is 1. The summed E-state index contributed by atoms with van der Waals surface area (Å²) in [6, 6.07) is 35.1. The summed E-state index contributed by atoms with van der Waals surface area (Å²) in [6.07, 6.45) is 0. The van der Waals surface area contributed by atoms with Crippen molar-refractivity contribution in [3.8, 4) is 33.8 Å². The van der Waals surface area contributed by atoms with Gasteiger partial charge in [-0.3, -0.25) is 0 Å². The van der Waals surface area contributed by atoms with Gasteiger partial charge in [-0.1, -0.05) is 84.9 Å². The molecule has 0 radical (unpaired) electrons. The van der Waals surface area contributed by atoms with Crippen LogP contribution in [0, 0.1) is 6.92 Å². The first-order valence-electron chi connectivity index (χ1n) is 10.7. The van der Waals surface area contributed by atoms with Crippen molar-refractivity contribution in [1.29, 1.82) is 0 Å². The monoisotopic (exact) mass is 412 g/mol. The van der Waals surface area contributed by atoms with Crippen LogP contribution < -0.4 is 0 Å². The van der Waals surface area contributed by atoms with Crippen LogP contribution in [0.1, 0.15) is 5.69 Å². The lowest BCUT2D eigenvalue weighted by Crippen LogP contribution is -1.96. The van der Waals surface area contributed by atoms with Crippen molar-refractivity contribution in [2.24, 2.45) is 0 Å². The van der Waals surface area contributed by atoms with E-state index in [2.05, 4.69) is 66.7 Å². The summed E-state index contributed by atoms with van der Waals surface area (Å²) in [5, 5.41) is 2.13. The number of para-hydroxylation sites is 1.